The Morgan fingerprint density at radius 2 is 1.87 bits per heavy atom. The van der Waals surface area contributed by atoms with Crippen LogP contribution in [0, 0.1) is 6.92 Å². The highest BCUT2D eigenvalue weighted by molar-refractivity contribution is 5.97. The van der Waals surface area contributed by atoms with Crippen molar-refractivity contribution in [3.05, 3.63) is 77.4 Å². The number of likely N-dealkylation sites (N-methyl/N-ethyl adjacent to an activating group) is 1. The first kappa shape index (κ1) is 15.7. The Balaban J connectivity index is 1.70. The van der Waals surface area contributed by atoms with E-state index in [0.717, 1.165) is 29.6 Å². The summed E-state index contributed by atoms with van der Waals surface area (Å²) in [6.07, 6.45) is 3.35. The van der Waals surface area contributed by atoms with Crippen LogP contribution in [-0.4, -0.2) is 36.9 Å². The summed E-state index contributed by atoms with van der Waals surface area (Å²) in [5.74, 6) is 0.237. The minimum absolute atomic E-state index is 0.237. The van der Waals surface area contributed by atoms with Gasteiger partial charge >= 0.3 is 0 Å². The zero-order valence-electron chi connectivity index (χ0n) is 14.0. The van der Waals surface area contributed by atoms with Gasteiger partial charge in [0.15, 0.2) is 0 Å². The SMILES string of the molecule is Cc1cccc(C2=CC[N+](C)(CC(=O)c3ccccc3)CC2)c1. The van der Waals surface area contributed by atoms with Gasteiger partial charge in [-0.25, -0.2) is 0 Å². The average Bonchev–Trinajstić information content (AvgIpc) is 2.56. The van der Waals surface area contributed by atoms with Gasteiger partial charge in [-0.05, 0) is 24.1 Å². The highest BCUT2D eigenvalue weighted by Crippen LogP contribution is 2.26. The molecule has 2 nitrogen and oxygen atoms in total. The first-order valence-corrected chi connectivity index (χ1v) is 8.24. The Hall–Kier alpha value is -2.19. The molecule has 0 fully saturated rings. The van der Waals surface area contributed by atoms with Crippen molar-refractivity contribution < 1.29 is 9.28 Å². The summed E-state index contributed by atoms with van der Waals surface area (Å²) in [4.78, 5) is 12.5. The Labute approximate surface area is 138 Å². The van der Waals surface area contributed by atoms with Crippen LogP contribution in [0.4, 0.5) is 0 Å². The summed E-state index contributed by atoms with van der Waals surface area (Å²) in [6, 6.07) is 18.3. The van der Waals surface area contributed by atoms with Crippen molar-refractivity contribution in [2.75, 3.05) is 26.7 Å². The summed E-state index contributed by atoms with van der Waals surface area (Å²) in [5.41, 5.74) is 4.85. The van der Waals surface area contributed by atoms with Crippen LogP contribution < -0.4 is 0 Å². The number of nitrogens with zero attached hydrogens (tertiary/aromatic N) is 1. The molecular formula is C21H24NO+. The molecule has 2 heteroatoms. The molecule has 2 aromatic rings. The number of Topliss-reactive ketones (excluding diaryl/α,β-unsaturated/α-hetero) is 1. The number of aryl methyl sites for hydroxylation is 1. The molecule has 0 aromatic heterocycles. The molecule has 0 radical (unpaired) electrons. The molecule has 0 spiro atoms. The zero-order chi connectivity index (χ0) is 16.3. The lowest BCUT2D eigenvalue weighted by atomic mass is 9.96. The van der Waals surface area contributed by atoms with E-state index in [1.54, 1.807) is 0 Å². The van der Waals surface area contributed by atoms with Gasteiger partial charge in [0, 0.05) is 12.0 Å². The van der Waals surface area contributed by atoms with Gasteiger partial charge in [0.05, 0.1) is 20.1 Å². The van der Waals surface area contributed by atoms with Crippen LogP contribution in [0.2, 0.25) is 0 Å². The van der Waals surface area contributed by atoms with Crippen LogP contribution in [-0.2, 0) is 0 Å². The second-order valence-electron chi connectivity index (χ2n) is 6.82. The number of ketones is 1. The van der Waals surface area contributed by atoms with Gasteiger partial charge in [-0.2, -0.15) is 0 Å². The largest absolute Gasteiger partial charge is 0.316 e. The fourth-order valence-electron chi connectivity index (χ4n) is 3.23. The molecule has 0 N–H and O–H groups in total. The quantitative estimate of drug-likeness (QED) is 0.613. The van der Waals surface area contributed by atoms with E-state index in [9.17, 15) is 4.79 Å². The number of rotatable bonds is 4. The first-order chi connectivity index (χ1) is 11.1. The number of hydrogen-bond acceptors (Lipinski definition) is 1. The van der Waals surface area contributed by atoms with E-state index in [-0.39, 0.29) is 5.78 Å². The molecule has 1 unspecified atom stereocenters. The number of quaternary nitrogens is 1. The molecule has 1 heterocycles. The van der Waals surface area contributed by atoms with Crippen LogP contribution in [0.15, 0.2) is 60.7 Å². The van der Waals surface area contributed by atoms with Gasteiger partial charge in [-0.15, -0.1) is 0 Å². The molecule has 1 aliphatic rings. The van der Waals surface area contributed by atoms with Crippen molar-refractivity contribution in [3.8, 4) is 0 Å². The fraction of sp³-hybridized carbons (Fsp3) is 0.286. The van der Waals surface area contributed by atoms with Crippen LogP contribution in [0.5, 0.6) is 0 Å². The molecule has 1 atom stereocenters. The third-order valence-corrected chi connectivity index (χ3v) is 4.71. The Bertz CT molecular complexity index is 733. The molecule has 0 aliphatic carbocycles. The van der Waals surface area contributed by atoms with Gasteiger partial charge in [0.1, 0.15) is 6.54 Å². The predicted molar refractivity (Wildman–Crippen MR) is 95.3 cm³/mol. The van der Waals surface area contributed by atoms with Crippen molar-refractivity contribution in [3.63, 3.8) is 0 Å². The van der Waals surface area contributed by atoms with Gasteiger partial charge < -0.3 is 4.48 Å². The van der Waals surface area contributed by atoms with E-state index >= 15 is 0 Å². The van der Waals surface area contributed by atoms with Gasteiger partial charge in [-0.3, -0.25) is 4.79 Å². The van der Waals surface area contributed by atoms with Gasteiger partial charge in [-0.1, -0.05) is 60.2 Å². The lowest BCUT2D eigenvalue weighted by Crippen LogP contribution is -2.50. The smallest absolute Gasteiger partial charge is 0.216 e. The van der Waals surface area contributed by atoms with Gasteiger partial charge in [0.25, 0.3) is 0 Å². The maximum Gasteiger partial charge on any atom is 0.216 e. The molecule has 2 aromatic carbocycles. The second kappa shape index (κ2) is 6.51. The average molecular weight is 306 g/mol. The van der Waals surface area contributed by atoms with Crippen molar-refractivity contribution >= 4 is 11.4 Å². The Morgan fingerprint density at radius 3 is 2.52 bits per heavy atom. The highest BCUT2D eigenvalue weighted by Gasteiger charge is 2.28. The summed E-state index contributed by atoms with van der Waals surface area (Å²) >= 11 is 0. The van der Waals surface area contributed by atoms with E-state index in [1.165, 1.54) is 16.7 Å². The van der Waals surface area contributed by atoms with Crippen LogP contribution in [0.1, 0.15) is 27.9 Å². The molecule has 0 amide bonds. The molecule has 3 rings (SSSR count). The third-order valence-electron chi connectivity index (χ3n) is 4.71. The number of carbonyl (C=O) groups excluding carboxylic acids is 1. The highest BCUT2D eigenvalue weighted by atomic mass is 16.1. The number of hydrogen-bond donors (Lipinski definition) is 0. The minimum atomic E-state index is 0.237. The monoisotopic (exact) mass is 306 g/mol. The van der Waals surface area contributed by atoms with Crippen LogP contribution >= 0.6 is 0 Å². The maximum absolute atomic E-state index is 12.5. The summed E-state index contributed by atoms with van der Waals surface area (Å²) in [7, 11) is 2.18. The molecule has 23 heavy (non-hydrogen) atoms. The molecular weight excluding hydrogens is 282 g/mol. The topological polar surface area (TPSA) is 17.1 Å². The summed E-state index contributed by atoms with van der Waals surface area (Å²) in [6.45, 7) is 4.63. The van der Waals surface area contributed by atoms with Crippen LogP contribution in [0.25, 0.3) is 5.57 Å². The second-order valence-corrected chi connectivity index (χ2v) is 6.82. The summed E-state index contributed by atoms with van der Waals surface area (Å²) in [5, 5.41) is 0. The fourth-order valence-corrected chi connectivity index (χ4v) is 3.23. The Kier molecular flexibility index (Phi) is 4.44. The number of benzene rings is 2. The molecule has 1 aliphatic heterocycles. The first-order valence-electron chi connectivity index (χ1n) is 8.24. The van der Waals surface area contributed by atoms with E-state index in [0.29, 0.717) is 6.54 Å². The van der Waals surface area contributed by atoms with E-state index in [4.69, 9.17) is 0 Å². The lowest BCUT2D eigenvalue weighted by molar-refractivity contribution is -0.896. The molecule has 0 saturated carbocycles. The summed E-state index contributed by atoms with van der Waals surface area (Å²) < 4.78 is 0.795. The van der Waals surface area contributed by atoms with E-state index in [2.05, 4.69) is 44.3 Å². The zero-order valence-corrected chi connectivity index (χ0v) is 14.0. The molecule has 0 saturated heterocycles. The molecule has 118 valence electrons. The van der Waals surface area contributed by atoms with E-state index in [1.807, 2.05) is 30.3 Å². The van der Waals surface area contributed by atoms with Crippen molar-refractivity contribution in [2.24, 2.45) is 0 Å². The van der Waals surface area contributed by atoms with Gasteiger partial charge in [0.2, 0.25) is 5.78 Å². The number of carbonyl (C=O) groups is 1. The van der Waals surface area contributed by atoms with E-state index < -0.39 is 0 Å². The predicted octanol–water partition coefficient (Wildman–Crippen LogP) is 4.11. The maximum atomic E-state index is 12.5. The van der Waals surface area contributed by atoms with Crippen molar-refractivity contribution in [2.45, 2.75) is 13.3 Å². The molecule has 0 bridgehead atoms. The van der Waals surface area contributed by atoms with Crippen molar-refractivity contribution in [1.29, 1.82) is 0 Å². The van der Waals surface area contributed by atoms with Crippen LogP contribution in [0.3, 0.4) is 0 Å². The van der Waals surface area contributed by atoms with Crippen molar-refractivity contribution in [1.82, 2.24) is 0 Å². The standard InChI is InChI=1S/C21H24NO/c1-17-7-6-10-20(15-17)18-11-13-22(2,14-12-18)16-21(23)19-8-4-3-5-9-19/h3-11,15H,12-14,16H2,1-2H3/q+1. The third kappa shape index (κ3) is 3.77. The Morgan fingerprint density at radius 1 is 1.09 bits per heavy atom. The normalized spacial score (nSPS) is 20.9. The minimum Gasteiger partial charge on any atom is -0.316 e. The lowest BCUT2D eigenvalue weighted by Gasteiger charge is -2.36.